The first-order valence-corrected chi connectivity index (χ1v) is 6.77. The zero-order valence-corrected chi connectivity index (χ0v) is 12.0. The first-order chi connectivity index (χ1) is 9.83. The van der Waals surface area contributed by atoms with Gasteiger partial charge in [-0.05, 0) is 49.2 Å². The van der Waals surface area contributed by atoms with Crippen LogP contribution in [0.25, 0.3) is 0 Å². The van der Waals surface area contributed by atoms with E-state index in [1.165, 1.54) is 5.56 Å². The number of hydrogen-bond donors (Lipinski definition) is 1. The van der Waals surface area contributed by atoms with E-state index in [2.05, 4.69) is 11.4 Å². The summed E-state index contributed by atoms with van der Waals surface area (Å²) < 4.78 is 15.8. The molecule has 0 fully saturated rings. The van der Waals surface area contributed by atoms with Gasteiger partial charge < -0.3 is 19.2 Å². The third kappa shape index (κ3) is 4.03. The normalized spacial score (nSPS) is 10.5. The molecule has 1 aromatic carbocycles. The fourth-order valence-electron chi connectivity index (χ4n) is 2.08. The lowest BCUT2D eigenvalue weighted by Crippen LogP contribution is -2.14. The first-order valence-electron chi connectivity index (χ1n) is 6.77. The Hall–Kier alpha value is -1.94. The Morgan fingerprint density at radius 2 is 1.95 bits per heavy atom. The molecule has 0 radical (unpaired) electrons. The topological polar surface area (TPSA) is 43.6 Å². The van der Waals surface area contributed by atoms with Gasteiger partial charge in [0.1, 0.15) is 5.76 Å². The SMILES string of the molecule is COc1ccc(CCCNCc2ccco2)cc1OC. The number of aryl methyl sites for hydroxylation is 1. The quantitative estimate of drug-likeness (QED) is 0.752. The summed E-state index contributed by atoms with van der Waals surface area (Å²) in [6.45, 7) is 1.73. The molecule has 1 N–H and O–H groups in total. The molecule has 0 aliphatic rings. The number of rotatable bonds is 8. The fourth-order valence-corrected chi connectivity index (χ4v) is 2.08. The maximum atomic E-state index is 5.30. The maximum absolute atomic E-state index is 5.30. The van der Waals surface area contributed by atoms with Crippen molar-refractivity contribution in [2.24, 2.45) is 0 Å². The third-order valence-corrected chi connectivity index (χ3v) is 3.15. The van der Waals surface area contributed by atoms with Crippen LogP contribution in [0.3, 0.4) is 0 Å². The highest BCUT2D eigenvalue weighted by Gasteiger charge is 2.04. The molecule has 0 aliphatic heterocycles. The second kappa shape index (κ2) is 7.60. The smallest absolute Gasteiger partial charge is 0.160 e. The van der Waals surface area contributed by atoms with E-state index < -0.39 is 0 Å². The number of hydrogen-bond acceptors (Lipinski definition) is 4. The van der Waals surface area contributed by atoms with Crippen LogP contribution in [-0.4, -0.2) is 20.8 Å². The maximum Gasteiger partial charge on any atom is 0.160 e. The van der Waals surface area contributed by atoms with Crippen molar-refractivity contribution in [1.82, 2.24) is 5.32 Å². The van der Waals surface area contributed by atoms with Crippen molar-refractivity contribution >= 4 is 0 Å². The average Bonchev–Trinajstić information content (AvgIpc) is 3.00. The second-order valence-electron chi connectivity index (χ2n) is 4.55. The molecule has 108 valence electrons. The van der Waals surface area contributed by atoms with E-state index in [0.717, 1.165) is 43.2 Å². The minimum Gasteiger partial charge on any atom is -0.493 e. The van der Waals surface area contributed by atoms with Crippen molar-refractivity contribution in [1.29, 1.82) is 0 Å². The van der Waals surface area contributed by atoms with Crippen LogP contribution in [0, 0.1) is 0 Å². The van der Waals surface area contributed by atoms with Crippen molar-refractivity contribution in [3.63, 3.8) is 0 Å². The summed E-state index contributed by atoms with van der Waals surface area (Å²) >= 11 is 0. The van der Waals surface area contributed by atoms with E-state index in [-0.39, 0.29) is 0 Å². The molecule has 0 saturated heterocycles. The number of nitrogens with one attached hydrogen (secondary N) is 1. The van der Waals surface area contributed by atoms with Crippen molar-refractivity contribution in [3.8, 4) is 11.5 Å². The summed E-state index contributed by atoms with van der Waals surface area (Å²) in [6, 6.07) is 9.94. The van der Waals surface area contributed by atoms with Gasteiger partial charge in [-0.1, -0.05) is 6.07 Å². The molecule has 2 aromatic rings. The monoisotopic (exact) mass is 275 g/mol. The first kappa shape index (κ1) is 14.5. The predicted octanol–water partition coefficient (Wildman–Crippen LogP) is 3.02. The Labute approximate surface area is 119 Å². The van der Waals surface area contributed by atoms with E-state index in [1.807, 2.05) is 24.3 Å². The van der Waals surface area contributed by atoms with Crippen molar-refractivity contribution in [2.45, 2.75) is 19.4 Å². The lowest BCUT2D eigenvalue weighted by molar-refractivity contribution is 0.354. The van der Waals surface area contributed by atoms with E-state index in [1.54, 1.807) is 20.5 Å². The Morgan fingerprint density at radius 1 is 1.10 bits per heavy atom. The van der Waals surface area contributed by atoms with Crippen molar-refractivity contribution in [3.05, 3.63) is 47.9 Å². The predicted molar refractivity (Wildman–Crippen MR) is 78.3 cm³/mol. The third-order valence-electron chi connectivity index (χ3n) is 3.15. The van der Waals surface area contributed by atoms with Crippen LogP contribution in [-0.2, 0) is 13.0 Å². The molecule has 4 nitrogen and oxygen atoms in total. The van der Waals surface area contributed by atoms with Gasteiger partial charge in [-0.2, -0.15) is 0 Å². The number of methoxy groups -OCH3 is 2. The molecule has 0 aliphatic carbocycles. The zero-order valence-electron chi connectivity index (χ0n) is 12.0. The zero-order chi connectivity index (χ0) is 14.2. The molecule has 0 bridgehead atoms. The molecule has 0 atom stereocenters. The van der Waals surface area contributed by atoms with Gasteiger partial charge in [0.25, 0.3) is 0 Å². The number of benzene rings is 1. The summed E-state index contributed by atoms with van der Waals surface area (Å²) in [5.41, 5.74) is 1.25. The highest BCUT2D eigenvalue weighted by molar-refractivity contribution is 5.42. The van der Waals surface area contributed by atoms with Crippen molar-refractivity contribution in [2.75, 3.05) is 20.8 Å². The summed E-state index contributed by atoms with van der Waals surface area (Å²) in [5.74, 6) is 2.52. The number of ether oxygens (including phenoxy) is 2. The van der Waals surface area contributed by atoms with E-state index >= 15 is 0 Å². The Kier molecular flexibility index (Phi) is 5.50. The molecular weight excluding hydrogens is 254 g/mol. The Bertz CT molecular complexity index is 508. The highest BCUT2D eigenvalue weighted by Crippen LogP contribution is 2.27. The summed E-state index contributed by atoms with van der Waals surface area (Å²) in [6.07, 6.45) is 3.77. The molecule has 1 aromatic heterocycles. The molecule has 0 amide bonds. The van der Waals surface area contributed by atoms with E-state index in [9.17, 15) is 0 Å². The van der Waals surface area contributed by atoms with Gasteiger partial charge in [0.05, 0.1) is 27.0 Å². The molecule has 0 spiro atoms. The van der Waals surface area contributed by atoms with Crippen LogP contribution < -0.4 is 14.8 Å². The molecule has 20 heavy (non-hydrogen) atoms. The molecule has 0 saturated carbocycles. The van der Waals surface area contributed by atoms with Crippen molar-refractivity contribution < 1.29 is 13.9 Å². The van der Waals surface area contributed by atoms with Gasteiger partial charge >= 0.3 is 0 Å². The molecule has 0 unspecified atom stereocenters. The molecule has 4 heteroatoms. The van der Waals surface area contributed by atoms with Crippen LogP contribution in [0.2, 0.25) is 0 Å². The van der Waals surface area contributed by atoms with Crippen LogP contribution in [0.4, 0.5) is 0 Å². The van der Waals surface area contributed by atoms with Gasteiger partial charge in [0.15, 0.2) is 11.5 Å². The van der Waals surface area contributed by atoms with Crippen LogP contribution in [0.1, 0.15) is 17.7 Å². The lowest BCUT2D eigenvalue weighted by Gasteiger charge is -2.09. The Morgan fingerprint density at radius 3 is 2.65 bits per heavy atom. The highest BCUT2D eigenvalue weighted by atomic mass is 16.5. The summed E-state index contributed by atoms with van der Waals surface area (Å²) in [7, 11) is 3.31. The van der Waals surface area contributed by atoms with Crippen LogP contribution in [0.15, 0.2) is 41.0 Å². The van der Waals surface area contributed by atoms with E-state index in [4.69, 9.17) is 13.9 Å². The largest absolute Gasteiger partial charge is 0.493 e. The minimum absolute atomic E-state index is 0.771. The second-order valence-corrected chi connectivity index (χ2v) is 4.55. The standard InChI is InChI=1S/C16H21NO3/c1-18-15-8-7-13(11-16(15)19-2)5-3-9-17-12-14-6-4-10-20-14/h4,6-8,10-11,17H,3,5,9,12H2,1-2H3. The lowest BCUT2D eigenvalue weighted by atomic mass is 10.1. The fraction of sp³-hybridized carbons (Fsp3) is 0.375. The summed E-state index contributed by atoms with van der Waals surface area (Å²) in [4.78, 5) is 0. The van der Waals surface area contributed by atoms with Gasteiger partial charge in [-0.15, -0.1) is 0 Å². The van der Waals surface area contributed by atoms with Gasteiger partial charge in [0, 0.05) is 0 Å². The van der Waals surface area contributed by atoms with Crippen LogP contribution in [0.5, 0.6) is 11.5 Å². The molecule has 1 heterocycles. The van der Waals surface area contributed by atoms with E-state index in [0.29, 0.717) is 0 Å². The molecule has 2 rings (SSSR count). The average molecular weight is 275 g/mol. The minimum atomic E-state index is 0.771. The van der Waals surface area contributed by atoms with Gasteiger partial charge in [0.2, 0.25) is 0 Å². The number of furan rings is 1. The van der Waals surface area contributed by atoms with Gasteiger partial charge in [-0.3, -0.25) is 0 Å². The summed E-state index contributed by atoms with van der Waals surface area (Å²) in [5, 5.41) is 3.36. The Balaban J connectivity index is 1.73. The van der Waals surface area contributed by atoms with Crippen LogP contribution >= 0.6 is 0 Å². The van der Waals surface area contributed by atoms with Gasteiger partial charge in [-0.25, -0.2) is 0 Å². The molecular formula is C16H21NO3.